The Morgan fingerprint density at radius 3 is 3.00 bits per heavy atom. The molecule has 2 atom stereocenters. The van der Waals surface area contributed by atoms with Gasteiger partial charge in [0.15, 0.2) is 0 Å². The third-order valence-electron chi connectivity index (χ3n) is 3.92. The van der Waals surface area contributed by atoms with Crippen molar-refractivity contribution in [2.75, 3.05) is 0 Å². The van der Waals surface area contributed by atoms with Gasteiger partial charge < -0.3 is 5.11 Å². The van der Waals surface area contributed by atoms with Crippen molar-refractivity contribution < 1.29 is 5.11 Å². The quantitative estimate of drug-likeness (QED) is 0.819. The molecule has 1 fully saturated rings. The Balaban J connectivity index is 2.14. The van der Waals surface area contributed by atoms with Crippen LogP contribution in [0.15, 0.2) is 17.2 Å². The number of rotatable bonds is 1. The van der Waals surface area contributed by atoms with E-state index in [1.54, 1.807) is 23.9 Å². The summed E-state index contributed by atoms with van der Waals surface area (Å²) >= 11 is 5.93. The number of hydrogen-bond acceptors (Lipinski definition) is 4. The van der Waals surface area contributed by atoms with Gasteiger partial charge in [-0.2, -0.15) is 0 Å². The third-order valence-corrected chi connectivity index (χ3v) is 4.12. The van der Waals surface area contributed by atoms with Crippen LogP contribution in [0.2, 0.25) is 5.15 Å². The molecule has 0 saturated heterocycles. The summed E-state index contributed by atoms with van der Waals surface area (Å²) in [6.07, 6.45) is 4.45. The van der Waals surface area contributed by atoms with Crippen molar-refractivity contribution in [3.63, 3.8) is 0 Å². The average molecular weight is 294 g/mol. The summed E-state index contributed by atoms with van der Waals surface area (Å²) in [5.74, 6) is 0. The summed E-state index contributed by atoms with van der Waals surface area (Å²) in [5.41, 5.74) is 1.13. The Labute approximate surface area is 121 Å². The normalized spacial score (nSPS) is 23.1. The van der Waals surface area contributed by atoms with Crippen molar-refractivity contribution >= 4 is 22.5 Å². The molecule has 2 aromatic rings. The fourth-order valence-corrected chi connectivity index (χ4v) is 3.15. The first kappa shape index (κ1) is 13.5. The van der Waals surface area contributed by atoms with Crippen molar-refractivity contribution in [2.24, 2.45) is 0 Å². The molecule has 2 heterocycles. The number of halogens is 1. The Kier molecular flexibility index (Phi) is 3.48. The second kappa shape index (κ2) is 5.14. The van der Waals surface area contributed by atoms with E-state index < -0.39 is 0 Å². The minimum atomic E-state index is -0.334. The number of fused-ring (bicyclic) bond motifs is 1. The van der Waals surface area contributed by atoms with Gasteiger partial charge in [-0.25, -0.2) is 9.97 Å². The zero-order valence-corrected chi connectivity index (χ0v) is 12.0. The second-order valence-corrected chi connectivity index (χ2v) is 5.75. The van der Waals surface area contributed by atoms with Crippen LogP contribution in [0.4, 0.5) is 0 Å². The SMILES string of the molecule is Cc1nc(Cl)cc2c(=O)n(C3CCCC(O)C3)cnc12. The first-order valence-electron chi connectivity index (χ1n) is 6.78. The standard InChI is InChI=1S/C14H16ClN3O2/c1-8-13-11(6-12(15)17-8)14(20)18(7-16-13)9-3-2-4-10(19)5-9/h6-7,9-10,19H,2-5H2,1H3. The molecular weight excluding hydrogens is 278 g/mol. The molecule has 2 aromatic heterocycles. The smallest absolute Gasteiger partial charge is 0.261 e. The highest BCUT2D eigenvalue weighted by Gasteiger charge is 2.23. The Bertz CT molecular complexity index is 713. The predicted octanol–water partition coefficient (Wildman–Crippen LogP) is 2.23. The van der Waals surface area contributed by atoms with E-state index in [-0.39, 0.29) is 17.7 Å². The van der Waals surface area contributed by atoms with E-state index in [9.17, 15) is 9.90 Å². The van der Waals surface area contributed by atoms with Gasteiger partial charge in [-0.05, 0) is 38.7 Å². The highest BCUT2D eigenvalue weighted by molar-refractivity contribution is 6.30. The third kappa shape index (κ3) is 2.31. The van der Waals surface area contributed by atoms with Gasteiger partial charge in [0.05, 0.1) is 29.0 Å². The average Bonchev–Trinajstić information content (AvgIpc) is 2.40. The lowest BCUT2D eigenvalue weighted by Gasteiger charge is -2.27. The fourth-order valence-electron chi connectivity index (χ4n) is 2.92. The summed E-state index contributed by atoms with van der Waals surface area (Å²) < 4.78 is 1.63. The van der Waals surface area contributed by atoms with Gasteiger partial charge in [-0.3, -0.25) is 9.36 Å². The van der Waals surface area contributed by atoms with E-state index in [2.05, 4.69) is 9.97 Å². The topological polar surface area (TPSA) is 68.0 Å². The van der Waals surface area contributed by atoms with Crippen molar-refractivity contribution in [1.29, 1.82) is 0 Å². The second-order valence-electron chi connectivity index (χ2n) is 5.36. The van der Waals surface area contributed by atoms with Gasteiger partial charge in [0.25, 0.3) is 5.56 Å². The molecule has 0 aromatic carbocycles. The summed E-state index contributed by atoms with van der Waals surface area (Å²) in [6, 6.07) is 1.57. The minimum absolute atomic E-state index is 0.00963. The monoisotopic (exact) mass is 293 g/mol. The van der Waals surface area contributed by atoms with Gasteiger partial charge in [0, 0.05) is 6.04 Å². The fraction of sp³-hybridized carbons (Fsp3) is 0.500. The number of nitrogens with zero attached hydrogens (tertiary/aromatic N) is 3. The molecule has 0 bridgehead atoms. The van der Waals surface area contributed by atoms with Crippen molar-refractivity contribution in [2.45, 2.75) is 44.8 Å². The number of aliphatic hydroxyl groups is 1. The molecule has 1 aliphatic carbocycles. The molecule has 2 unspecified atom stereocenters. The maximum atomic E-state index is 12.6. The van der Waals surface area contributed by atoms with E-state index >= 15 is 0 Å². The molecule has 3 rings (SSSR count). The molecule has 20 heavy (non-hydrogen) atoms. The maximum absolute atomic E-state index is 12.6. The van der Waals surface area contributed by atoms with Crippen LogP contribution in [0.1, 0.15) is 37.4 Å². The molecule has 0 radical (unpaired) electrons. The van der Waals surface area contributed by atoms with Gasteiger partial charge in [-0.15, -0.1) is 0 Å². The molecule has 6 heteroatoms. The van der Waals surface area contributed by atoms with Crippen LogP contribution in [0.3, 0.4) is 0 Å². The number of pyridine rings is 1. The van der Waals surface area contributed by atoms with Crippen LogP contribution in [-0.4, -0.2) is 25.7 Å². The molecule has 0 spiro atoms. The highest BCUT2D eigenvalue weighted by Crippen LogP contribution is 2.27. The lowest BCUT2D eigenvalue weighted by molar-refractivity contribution is 0.103. The van der Waals surface area contributed by atoms with Crippen LogP contribution in [0.5, 0.6) is 0 Å². The Morgan fingerprint density at radius 2 is 2.25 bits per heavy atom. The highest BCUT2D eigenvalue weighted by atomic mass is 35.5. The number of hydrogen-bond donors (Lipinski definition) is 1. The van der Waals surface area contributed by atoms with Crippen LogP contribution >= 0.6 is 11.6 Å². The predicted molar refractivity (Wildman–Crippen MR) is 77.1 cm³/mol. The van der Waals surface area contributed by atoms with Gasteiger partial charge in [0.1, 0.15) is 5.15 Å². The van der Waals surface area contributed by atoms with Gasteiger partial charge in [0.2, 0.25) is 0 Å². The van der Waals surface area contributed by atoms with Gasteiger partial charge >= 0.3 is 0 Å². The summed E-state index contributed by atoms with van der Waals surface area (Å²) in [7, 11) is 0. The minimum Gasteiger partial charge on any atom is -0.393 e. The lowest BCUT2D eigenvalue weighted by Crippen LogP contribution is -2.30. The molecule has 0 amide bonds. The maximum Gasteiger partial charge on any atom is 0.261 e. The zero-order valence-electron chi connectivity index (χ0n) is 11.2. The van der Waals surface area contributed by atoms with Crippen molar-refractivity contribution in [1.82, 2.24) is 14.5 Å². The molecule has 5 nitrogen and oxygen atoms in total. The Morgan fingerprint density at radius 1 is 1.45 bits per heavy atom. The van der Waals surface area contributed by atoms with Crippen molar-refractivity contribution in [3.8, 4) is 0 Å². The summed E-state index contributed by atoms with van der Waals surface area (Å²) in [4.78, 5) is 21.0. The molecule has 1 saturated carbocycles. The van der Waals surface area contributed by atoms with Crippen molar-refractivity contribution in [3.05, 3.63) is 33.6 Å². The van der Waals surface area contributed by atoms with E-state index in [0.29, 0.717) is 28.2 Å². The zero-order chi connectivity index (χ0) is 14.3. The lowest BCUT2D eigenvalue weighted by atomic mass is 9.93. The van der Waals surface area contributed by atoms with E-state index in [4.69, 9.17) is 11.6 Å². The molecule has 106 valence electrons. The molecular formula is C14H16ClN3O2. The van der Waals surface area contributed by atoms with Crippen LogP contribution < -0.4 is 5.56 Å². The first-order chi connectivity index (χ1) is 9.56. The van der Waals surface area contributed by atoms with Crippen LogP contribution in [0.25, 0.3) is 10.9 Å². The number of aryl methyl sites for hydroxylation is 1. The first-order valence-corrected chi connectivity index (χ1v) is 7.16. The molecule has 1 N–H and O–H groups in total. The molecule has 0 aliphatic heterocycles. The van der Waals surface area contributed by atoms with E-state index in [1.807, 2.05) is 0 Å². The van der Waals surface area contributed by atoms with Gasteiger partial charge in [-0.1, -0.05) is 11.6 Å². The summed E-state index contributed by atoms with van der Waals surface area (Å²) in [6.45, 7) is 1.79. The summed E-state index contributed by atoms with van der Waals surface area (Å²) in [5, 5.41) is 10.6. The van der Waals surface area contributed by atoms with E-state index in [1.165, 1.54) is 0 Å². The van der Waals surface area contributed by atoms with E-state index in [0.717, 1.165) is 19.3 Å². The Hall–Kier alpha value is -1.46. The molecule has 1 aliphatic rings. The number of aliphatic hydroxyl groups excluding tert-OH is 1. The number of aromatic nitrogens is 3. The van der Waals surface area contributed by atoms with Crippen LogP contribution in [0, 0.1) is 6.92 Å². The largest absolute Gasteiger partial charge is 0.393 e. The van der Waals surface area contributed by atoms with Crippen LogP contribution in [-0.2, 0) is 0 Å².